The summed E-state index contributed by atoms with van der Waals surface area (Å²) >= 11 is 22.1. The highest BCUT2D eigenvalue weighted by Gasteiger charge is 2.33. The van der Waals surface area contributed by atoms with E-state index in [0.29, 0.717) is 46.5 Å². The van der Waals surface area contributed by atoms with Gasteiger partial charge in [0.05, 0.1) is 38.8 Å². The summed E-state index contributed by atoms with van der Waals surface area (Å²) in [7, 11) is 1.48. The first kappa shape index (κ1) is 24.9. The van der Waals surface area contributed by atoms with E-state index in [4.69, 9.17) is 49.6 Å². The molecular weight excluding hydrogens is 561 g/mol. The van der Waals surface area contributed by atoms with E-state index in [1.54, 1.807) is 43.3 Å². The molecule has 0 aromatic heterocycles. The standard InChI is InChI=1S/C21H16BrCl2NO5S2/c1-3-29-18(26)10-30-19-13(22)6-11(7-16(19)28-2)8-17-20(27)25(21(31)32-17)12-4-5-14(23)15(24)9-12/h4-9H,3,10H2,1-2H3/b17-8+. The van der Waals surface area contributed by atoms with Gasteiger partial charge in [0.1, 0.15) is 0 Å². The SMILES string of the molecule is CCOC(=O)COc1c(Br)cc(/C=C2/SC(=S)N(c3ccc(Cl)c(Cl)c3)C2=O)cc1OC. The van der Waals surface area contributed by atoms with Crippen molar-refractivity contribution < 1.29 is 23.8 Å². The van der Waals surface area contributed by atoms with Crippen molar-refractivity contribution in [1.29, 1.82) is 0 Å². The molecule has 0 bridgehead atoms. The van der Waals surface area contributed by atoms with E-state index in [-0.39, 0.29) is 19.1 Å². The van der Waals surface area contributed by atoms with Crippen LogP contribution in [0.5, 0.6) is 11.5 Å². The fraction of sp³-hybridized carbons (Fsp3) is 0.190. The number of esters is 1. The number of benzene rings is 2. The van der Waals surface area contributed by atoms with Gasteiger partial charge in [-0.15, -0.1) is 0 Å². The van der Waals surface area contributed by atoms with Gasteiger partial charge in [0.2, 0.25) is 0 Å². The quantitative estimate of drug-likeness (QED) is 0.224. The van der Waals surface area contributed by atoms with Gasteiger partial charge in [-0.2, -0.15) is 0 Å². The van der Waals surface area contributed by atoms with Gasteiger partial charge in [0.25, 0.3) is 5.91 Å². The Bertz CT molecular complexity index is 1130. The van der Waals surface area contributed by atoms with E-state index in [1.165, 1.54) is 23.8 Å². The van der Waals surface area contributed by atoms with Crippen molar-refractivity contribution in [3.63, 3.8) is 0 Å². The van der Waals surface area contributed by atoms with Gasteiger partial charge >= 0.3 is 5.97 Å². The molecule has 0 N–H and O–H groups in total. The molecule has 168 valence electrons. The summed E-state index contributed by atoms with van der Waals surface area (Å²) in [6.07, 6.45) is 1.69. The second-order valence-electron chi connectivity index (χ2n) is 6.24. The Morgan fingerprint density at radius 2 is 2.00 bits per heavy atom. The molecule has 11 heteroatoms. The summed E-state index contributed by atoms with van der Waals surface area (Å²) in [4.78, 5) is 26.4. The van der Waals surface area contributed by atoms with Crippen LogP contribution in [-0.2, 0) is 14.3 Å². The largest absolute Gasteiger partial charge is 0.493 e. The third kappa shape index (κ3) is 5.58. The molecule has 0 atom stereocenters. The van der Waals surface area contributed by atoms with E-state index < -0.39 is 5.97 Å². The van der Waals surface area contributed by atoms with E-state index in [1.807, 2.05) is 0 Å². The highest BCUT2D eigenvalue weighted by atomic mass is 79.9. The van der Waals surface area contributed by atoms with Crippen molar-refractivity contribution in [2.24, 2.45) is 0 Å². The van der Waals surface area contributed by atoms with Gasteiger partial charge < -0.3 is 14.2 Å². The predicted molar refractivity (Wildman–Crippen MR) is 135 cm³/mol. The minimum atomic E-state index is -0.489. The van der Waals surface area contributed by atoms with Gasteiger partial charge in [-0.3, -0.25) is 9.69 Å². The normalized spacial score (nSPS) is 14.8. The topological polar surface area (TPSA) is 65.1 Å². The number of nitrogens with zero attached hydrogens (tertiary/aromatic N) is 1. The molecule has 1 heterocycles. The minimum absolute atomic E-state index is 0.259. The Labute approximate surface area is 212 Å². The number of anilines is 1. The number of carbonyl (C=O) groups excluding carboxylic acids is 2. The number of carbonyl (C=O) groups is 2. The third-order valence-corrected chi connectivity index (χ3v) is 6.77. The van der Waals surface area contributed by atoms with Crippen LogP contribution in [0.3, 0.4) is 0 Å². The van der Waals surface area contributed by atoms with Gasteiger partial charge in [-0.25, -0.2) is 4.79 Å². The molecule has 2 aromatic rings. The average Bonchev–Trinajstić information content (AvgIpc) is 3.02. The van der Waals surface area contributed by atoms with Crippen molar-refractivity contribution in [2.75, 3.05) is 25.2 Å². The number of hydrogen-bond donors (Lipinski definition) is 0. The van der Waals surface area contributed by atoms with Gasteiger partial charge in [0, 0.05) is 0 Å². The second kappa shape index (κ2) is 10.9. The number of amides is 1. The zero-order valence-electron chi connectivity index (χ0n) is 16.8. The first-order valence-electron chi connectivity index (χ1n) is 9.14. The molecular formula is C21H16BrCl2NO5S2. The van der Waals surface area contributed by atoms with Crippen LogP contribution in [0.15, 0.2) is 39.7 Å². The highest BCUT2D eigenvalue weighted by Crippen LogP contribution is 2.41. The van der Waals surface area contributed by atoms with Crippen LogP contribution in [-0.4, -0.2) is 36.5 Å². The van der Waals surface area contributed by atoms with Crippen molar-refractivity contribution in [3.8, 4) is 11.5 Å². The number of methoxy groups -OCH3 is 1. The first-order valence-corrected chi connectivity index (χ1v) is 11.9. The smallest absolute Gasteiger partial charge is 0.344 e. The number of hydrogen-bond acceptors (Lipinski definition) is 7. The van der Waals surface area contributed by atoms with E-state index >= 15 is 0 Å². The van der Waals surface area contributed by atoms with Crippen LogP contribution < -0.4 is 14.4 Å². The Morgan fingerprint density at radius 1 is 1.25 bits per heavy atom. The first-order chi connectivity index (χ1) is 15.2. The molecule has 6 nitrogen and oxygen atoms in total. The number of rotatable bonds is 7. The Kier molecular flexibility index (Phi) is 8.46. The molecule has 32 heavy (non-hydrogen) atoms. The molecule has 1 saturated heterocycles. The summed E-state index contributed by atoms with van der Waals surface area (Å²) in [5.41, 5.74) is 1.21. The van der Waals surface area contributed by atoms with E-state index in [2.05, 4.69) is 15.9 Å². The Morgan fingerprint density at radius 3 is 2.66 bits per heavy atom. The number of thiocarbonyl (C=S) groups is 1. The molecule has 3 rings (SSSR count). The van der Waals surface area contributed by atoms with Crippen LogP contribution in [0, 0.1) is 0 Å². The molecule has 1 amide bonds. The van der Waals surface area contributed by atoms with Gasteiger partial charge in [-0.05, 0) is 64.8 Å². The van der Waals surface area contributed by atoms with Gasteiger partial charge in [-0.1, -0.05) is 47.2 Å². The fourth-order valence-electron chi connectivity index (χ4n) is 2.76. The molecule has 1 aliphatic rings. The van der Waals surface area contributed by atoms with Crippen molar-refractivity contribution in [1.82, 2.24) is 0 Å². The average molecular weight is 577 g/mol. The maximum atomic E-state index is 13.0. The maximum Gasteiger partial charge on any atom is 0.344 e. The molecule has 0 radical (unpaired) electrons. The summed E-state index contributed by atoms with van der Waals surface area (Å²) in [5, 5.41) is 0.716. The molecule has 1 fully saturated rings. The predicted octanol–water partition coefficient (Wildman–Crippen LogP) is 6.11. The lowest BCUT2D eigenvalue weighted by atomic mass is 10.1. The lowest BCUT2D eigenvalue weighted by molar-refractivity contribution is -0.145. The summed E-state index contributed by atoms with van der Waals surface area (Å²) in [5.74, 6) is -0.0384. The minimum Gasteiger partial charge on any atom is -0.493 e. The van der Waals surface area contributed by atoms with Crippen molar-refractivity contribution in [3.05, 3.63) is 55.3 Å². The van der Waals surface area contributed by atoms with Crippen molar-refractivity contribution >= 4 is 91.1 Å². The van der Waals surface area contributed by atoms with Crippen LogP contribution >= 0.6 is 63.1 Å². The maximum absolute atomic E-state index is 13.0. The lowest BCUT2D eigenvalue weighted by Gasteiger charge is -2.15. The van der Waals surface area contributed by atoms with E-state index in [9.17, 15) is 9.59 Å². The zero-order chi connectivity index (χ0) is 23.4. The summed E-state index contributed by atoms with van der Waals surface area (Å²) in [6.45, 7) is 1.72. The molecule has 0 saturated carbocycles. The Hall–Kier alpha value is -1.78. The van der Waals surface area contributed by atoms with Crippen LogP contribution in [0.25, 0.3) is 6.08 Å². The number of ether oxygens (including phenoxy) is 3. The number of halogens is 3. The number of thioether (sulfide) groups is 1. The van der Waals surface area contributed by atoms with Gasteiger partial charge in [0.15, 0.2) is 22.4 Å². The summed E-state index contributed by atoms with van der Waals surface area (Å²) in [6, 6.07) is 8.31. The molecule has 0 unspecified atom stereocenters. The monoisotopic (exact) mass is 575 g/mol. The molecule has 0 spiro atoms. The van der Waals surface area contributed by atoms with Crippen LogP contribution in [0.1, 0.15) is 12.5 Å². The fourth-order valence-corrected chi connectivity index (χ4v) is 4.93. The second-order valence-corrected chi connectivity index (χ2v) is 9.59. The van der Waals surface area contributed by atoms with Crippen LogP contribution in [0.4, 0.5) is 5.69 Å². The van der Waals surface area contributed by atoms with Crippen LogP contribution in [0.2, 0.25) is 10.0 Å². The Balaban J connectivity index is 1.87. The third-order valence-electron chi connectivity index (χ3n) is 4.14. The molecule has 1 aliphatic heterocycles. The molecule has 2 aromatic carbocycles. The van der Waals surface area contributed by atoms with Crippen molar-refractivity contribution in [2.45, 2.75) is 6.92 Å². The molecule has 0 aliphatic carbocycles. The lowest BCUT2D eigenvalue weighted by Crippen LogP contribution is -2.27. The zero-order valence-corrected chi connectivity index (χ0v) is 21.5. The highest BCUT2D eigenvalue weighted by molar-refractivity contribution is 9.10. The van der Waals surface area contributed by atoms with E-state index in [0.717, 1.165) is 0 Å². The summed E-state index contributed by atoms with van der Waals surface area (Å²) < 4.78 is 16.7.